The summed E-state index contributed by atoms with van der Waals surface area (Å²) >= 11 is 21.1. The fourth-order valence-electron chi connectivity index (χ4n) is 1.02. The highest BCUT2D eigenvalue weighted by Crippen LogP contribution is 2.47. The second-order valence-electron chi connectivity index (χ2n) is 2.60. The molecule has 0 saturated heterocycles. The van der Waals surface area contributed by atoms with Crippen molar-refractivity contribution in [2.45, 2.75) is 10.7 Å². The first-order valence-electron chi connectivity index (χ1n) is 3.48. The lowest BCUT2D eigenvalue weighted by molar-refractivity contribution is 1.24. The Balaban J connectivity index is 3.60. The monoisotopic (exact) mass is 574 g/mol. The van der Waals surface area contributed by atoms with Gasteiger partial charge in [-0.3, -0.25) is 0 Å². The van der Waals surface area contributed by atoms with Crippen molar-refractivity contribution < 1.29 is 0 Å². The zero-order chi connectivity index (χ0) is 11.0. The molecule has 1 rings (SSSR count). The largest absolute Gasteiger partial charge is 0.0960 e. The molecular weight excluding hydrogens is 576 g/mol. The van der Waals surface area contributed by atoms with Crippen LogP contribution >= 0.6 is 95.6 Å². The zero-order valence-corrected chi connectivity index (χ0v) is 16.4. The fourth-order valence-corrected chi connectivity index (χ4v) is 5.35. The lowest BCUT2D eigenvalue weighted by atomic mass is 10.1. The van der Waals surface area contributed by atoms with E-state index in [2.05, 4.69) is 103 Å². The van der Waals surface area contributed by atoms with Gasteiger partial charge in [-0.15, -0.1) is 0 Å². The van der Waals surface area contributed by atoms with E-state index in [1.54, 1.807) is 0 Å². The SMILES string of the molecule is Cc1c(Br)c(Br)c(Br)c(Br)c1C(Br)Br. The maximum absolute atomic E-state index is 3.56. The minimum atomic E-state index is 0.130. The molecule has 78 valence electrons. The molecule has 0 aliphatic carbocycles. The molecule has 6 heteroatoms. The third kappa shape index (κ3) is 2.67. The first-order valence-corrected chi connectivity index (χ1v) is 8.48. The van der Waals surface area contributed by atoms with Gasteiger partial charge in [0.05, 0.1) is 3.74 Å². The zero-order valence-electron chi connectivity index (χ0n) is 6.85. The highest BCUT2D eigenvalue weighted by molar-refractivity contribution is 9.24. The van der Waals surface area contributed by atoms with Crippen LogP contribution in [0.4, 0.5) is 0 Å². The molecule has 0 unspecified atom stereocenters. The summed E-state index contributed by atoms with van der Waals surface area (Å²) in [6, 6.07) is 0. The Morgan fingerprint density at radius 3 is 1.64 bits per heavy atom. The standard InChI is InChI=1S/C8H4Br6/c1-2-3(8(13)14)5(10)7(12)6(11)4(2)9/h8H,1H3. The van der Waals surface area contributed by atoms with Gasteiger partial charge in [-0.2, -0.15) is 0 Å². The van der Waals surface area contributed by atoms with E-state index in [4.69, 9.17) is 0 Å². The van der Waals surface area contributed by atoms with E-state index in [9.17, 15) is 0 Å². The minimum absolute atomic E-state index is 0.130. The van der Waals surface area contributed by atoms with Crippen LogP contribution in [0.2, 0.25) is 0 Å². The van der Waals surface area contributed by atoms with Crippen molar-refractivity contribution in [3.05, 3.63) is 29.0 Å². The molecule has 0 aliphatic heterocycles. The predicted molar refractivity (Wildman–Crippen MR) is 82.6 cm³/mol. The highest BCUT2D eigenvalue weighted by atomic mass is 79.9. The van der Waals surface area contributed by atoms with E-state index < -0.39 is 0 Å². The Morgan fingerprint density at radius 1 is 0.786 bits per heavy atom. The van der Waals surface area contributed by atoms with Gasteiger partial charge in [0.15, 0.2) is 0 Å². The average molecular weight is 580 g/mol. The van der Waals surface area contributed by atoms with Crippen LogP contribution in [0, 0.1) is 6.92 Å². The van der Waals surface area contributed by atoms with Crippen molar-refractivity contribution >= 4 is 95.6 Å². The van der Waals surface area contributed by atoms with E-state index >= 15 is 0 Å². The molecule has 0 fully saturated rings. The van der Waals surface area contributed by atoms with Gasteiger partial charge in [-0.25, -0.2) is 0 Å². The maximum Gasteiger partial charge on any atom is 0.0960 e. The summed E-state index contributed by atoms with van der Waals surface area (Å²) in [4.78, 5) is 0. The van der Waals surface area contributed by atoms with Crippen LogP contribution in [-0.4, -0.2) is 0 Å². The molecule has 0 amide bonds. The smallest absolute Gasteiger partial charge is 0.0711 e. The number of hydrogen-bond donors (Lipinski definition) is 0. The van der Waals surface area contributed by atoms with Crippen molar-refractivity contribution in [1.82, 2.24) is 0 Å². The van der Waals surface area contributed by atoms with Crippen LogP contribution in [0.1, 0.15) is 14.9 Å². The number of hydrogen-bond acceptors (Lipinski definition) is 0. The lowest BCUT2D eigenvalue weighted by Gasteiger charge is -2.15. The first kappa shape index (κ1) is 14.2. The molecule has 0 aromatic heterocycles. The highest BCUT2D eigenvalue weighted by Gasteiger charge is 2.19. The maximum atomic E-state index is 3.56. The summed E-state index contributed by atoms with van der Waals surface area (Å²) < 4.78 is 4.26. The quantitative estimate of drug-likeness (QED) is 0.194. The van der Waals surface area contributed by atoms with Gasteiger partial charge in [0.25, 0.3) is 0 Å². The molecule has 0 atom stereocenters. The summed E-state index contributed by atoms with van der Waals surface area (Å²) in [5.74, 6) is 0. The van der Waals surface area contributed by atoms with Gasteiger partial charge in [0.1, 0.15) is 0 Å². The van der Waals surface area contributed by atoms with Crippen molar-refractivity contribution in [3.63, 3.8) is 0 Å². The van der Waals surface area contributed by atoms with E-state index in [0.29, 0.717) is 0 Å². The summed E-state index contributed by atoms with van der Waals surface area (Å²) in [6.07, 6.45) is 0. The van der Waals surface area contributed by atoms with E-state index in [0.717, 1.165) is 17.9 Å². The van der Waals surface area contributed by atoms with E-state index in [1.807, 2.05) is 0 Å². The van der Waals surface area contributed by atoms with Crippen molar-refractivity contribution in [2.75, 3.05) is 0 Å². The summed E-state index contributed by atoms with van der Waals surface area (Å²) in [5.41, 5.74) is 2.36. The van der Waals surface area contributed by atoms with Crippen LogP contribution in [0.5, 0.6) is 0 Å². The van der Waals surface area contributed by atoms with Crippen molar-refractivity contribution in [3.8, 4) is 0 Å². The van der Waals surface area contributed by atoms with Gasteiger partial charge >= 0.3 is 0 Å². The Bertz CT molecular complexity index is 342. The minimum Gasteiger partial charge on any atom is -0.0711 e. The number of benzene rings is 1. The second-order valence-corrected chi connectivity index (χ2v) is 8.83. The molecule has 0 heterocycles. The lowest BCUT2D eigenvalue weighted by Crippen LogP contribution is -1.93. The average Bonchev–Trinajstić information content (AvgIpc) is 2.11. The molecule has 0 spiro atoms. The molecule has 1 aromatic carbocycles. The van der Waals surface area contributed by atoms with Crippen LogP contribution in [-0.2, 0) is 0 Å². The summed E-state index contributed by atoms with van der Waals surface area (Å²) in [6.45, 7) is 2.07. The molecule has 0 N–H and O–H groups in total. The van der Waals surface area contributed by atoms with Crippen LogP contribution in [0.3, 0.4) is 0 Å². The van der Waals surface area contributed by atoms with E-state index in [1.165, 1.54) is 11.1 Å². The molecule has 14 heavy (non-hydrogen) atoms. The van der Waals surface area contributed by atoms with E-state index in [-0.39, 0.29) is 3.74 Å². The third-order valence-corrected chi connectivity index (χ3v) is 7.68. The van der Waals surface area contributed by atoms with Crippen LogP contribution < -0.4 is 0 Å². The Hall–Kier alpha value is 2.10. The second kappa shape index (κ2) is 5.63. The van der Waals surface area contributed by atoms with Crippen molar-refractivity contribution in [1.29, 1.82) is 0 Å². The molecule has 0 bridgehead atoms. The first-order chi connectivity index (χ1) is 6.37. The Morgan fingerprint density at radius 2 is 1.21 bits per heavy atom. The number of alkyl halides is 2. The summed E-state index contributed by atoms with van der Waals surface area (Å²) in [5, 5.41) is 0. The van der Waals surface area contributed by atoms with Gasteiger partial charge in [-0.05, 0) is 81.8 Å². The Kier molecular flexibility index (Phi) is 5.69. The van der Waals surface area contributed by atoms with Gasteiger partial charge in [0.2, 0.25) is 0 Å². The third-order valence-electron chi connectivity index (χ3n) is 1.77. The Labute approximate surface area is 133 Å². The van der Waals surface area contributed by atoms with Crippen LogP contribution in [0.25, 0.3) is 0 Å². The molecule has 0 aliphatic rings. The molecule has 0 radical (unpaired) electrons. The topological polar surface area (TPSA) is 0 Å². The summed E-state index contributed by atoms with van der Waals surface area (Å²) in [7, 11) is 0. The van der Waals surface area contributed by atoms with Crippen LogP contribution in [0.15, 0.2) is 17.9 Å². The van der Waals surface area contributed by atoms with Gasteiger partial charge in [-0.1, -0.05) is 31.9 Å². The van der Waals surface area contributed by atoms with Gasteiger partial charge < -0.3 is 0 Å². The molecular formula is C8H4Br6. The number of halogens is 6. The van der Waals surface area contributed by atoms with Crippen molar-refractivity contribution in [2.24, 2.45) is 0 Å². The normalized spacial score (nSPS) is 11.1. The number of rotatable bonds is 1. The molecule has 0 nitrogen and oxygen atoms in total. The fraction of sp³-hybridized carbons (Fsp3) is 0.250. The molecule has 1 aromatic rings. The molecule has 0 saturated carbocycles. The predicted octanol–water partition coefficient (Wildman–Crippen LogP) is 6.83. The van der Waals surface area contributed by atoms with Gasteiger partial charge in [0, 0.05) is 17.9 Å².